The smallest absolute Gasteiger partial charge is 0.184 e. The summed E-state index contributed by atoms with van der Waals surface area (Å²) in [4.78, 5) is 2.08. The molecule has 0 spiro atoms. The monoisotopic (exact) mass is 356 g/mol. The molecule has 0 unspecified atom stereocenters. The summed E-state index contributed by atoms with van der Waals surface area (Å²) in [5.74, 6) is 0.921. The standard InChI is InChI=1S/C14H17BrN2O2S/c1-14-8-11(16-13(20)17(14)5-6-18-2)10-7-9(15)3-4-12(10)19-14/h3-4,7,11H,5-6,8H2,1-2H3,(H,16,20)/t11-,14+/m0/s1. The van der Waals surface area contributed by atoms with Crippen molar-refractivity contribution < 1.29 is 9.47 Å². The molecule has 1 saturated heterocycles. The summed E-state index contributed by atoms with van der Waals surface area (Å²) >= 11 is 9.01. The molecule has 1 aromatic rings. The first kappa shape index (κ1) is 14.1. The molecule has 2 aliphatic rings. The predicted octanol–water partition coefficient (Wildman–Crippen LogP) is 2.83. The minimum Gasteiger partial charge on any atom is -0.468 e. The summed E-state index contributed by atoms with van der Waals surface area (Å²) in [6.45, 7) is 3.43. The van der Waals surface area contributed by atoms with E-state index >= 15 is 0 Å². The highest BCUT2D eigenvalue weighted by molar-refractivity contribution is 9.10. The minimum absolute atomic E-state index is 0.201. The Morgan fingerprint density at radius 2 is 2.40 bits per heavy atom. The lowest BCUT2D eigenvalue weighted by Gasteiger charge is -2.52. The van der Waals surface area contributed by atoms with Crippen molar-refractivity contribution in [2.45, 2.75) is 25.1 Å². The van der Waals surface area contributed by atoms with Crippen molar-refractivity contribution in [1.29, 1.82) is 0 Å². The molecular formula is C14H17BrN2O2S. The molecule has 108 valence electrons. The van der Waals surface area contributed by atoms with Gasteiger partial charge in [0.15, 0.2) is 10.8 Å². The zero-order chi connectivity index (χ0) is 14.3. The summed E-state index contributed by atoms with van der Waals surface area (Å²) in [6.07, 6.45) is 0.861. The number of fused-ring (bicyclic) bond motifs is 4. The molecule has 0 saturated carbocycles. The Bertz CT molecular complexity index is 554. The van der Waals surface area contributed by atoms with Crippen LogP contribution in [0.1, 0.15) is 24.9 Å². The summed E-state index contributed by atoms with van der Waals surface area (Å²) in [5, 5.41) is 4.14. The van der Waals surface area contributed by atoms with Crippen LogP contribution < -0.4 is 10.1 Å². The van der Waals surface area contributed by atoms with Gasteiger partial charge in [0, 0.05) is 30.1 Å². The van der Waals surface area contributed by atoms with Gasteiger partial charge in [-0.1, -0.05) is 15.9 Å². The summed E-state index contributed by atoms with van der Waals surface area (Å²) in [7, 11) is 1.69. The highest BCUT2D eigenvalue weighted by atomic mass is 79.9. The van der Waals surface area contributed by atoms with E-state index in [1.54, 1.807) is 7.11 Å². The summed E-state index contributed by atoms with van der Waals surface area (Å²) < 4.78 is 12.5. The topological polar surface area (TPSA) is 33.7 Å². The van der Waals surface area contributed by atoms with Crippen molar-refractivity contribution in [3.05, 3.63) is 28.2 Å². The molecule has 6 heteroatoms. The number of hydrogen-bond acceptors (Lipinski definition) is 3. The average Bonchev–Trinajstić information content (AvgIpc) is 2.39. The Morgan fingerprint density at radius 3 is 3.15 bits per heavy atom. The van der Waals surface area contributed by atoms with E-state index in [2.05, 4.69) is 39.1 Å². The predicted molar refractivity (Wildman–Crippen MR) is 84.8 cm³/mol. The van der Waals surface area contributed by atoms with Crippen LogP contribution in [0.5, 0.6) is 5.75 Å². The number of halogens is 1. The molecule has 3 rings (SSSR count). The van der Waals surface area contributed by atoms with Crippen molar-refractivity contribution >= 4 is 33.3 Å². The third-order valence-electron chi connectivity index (χ3n) is 3.89. The van der Waals surface area contributed by atoms with Gasteiger partial charge in [0.2, 0.25) is 0 Å². The van der Waals surface area contributed by atoms with Gasteiger partial charge in [0.05, 0.1) is 12.6 Å². The molecule has 2 heterocycles. The molecule has 0 aliphatic carbocycles. The first-order valence-corrected chi connectivity index (χ1v) is 7.79. The van der Waals surface area contributed by atoms with E-state index in [-0.39, 0.29) is 6.04 Å². The molecule has 2 aliphatic heterocycles. The Kier molecular flexibility index (Phi) is 3.64. The first-order chi connectivity index (χ1) is 9.53. The van der Waals surface area contributed by atoms with Crippen LogP contribution in [-0.4, -0.2) is 36.0 Å². The third-order valence-corrected chi connectivity index (χ3v) is 4.72. The van der Waals surface area contributed by atoms with Gasteiger partial charge in [-0.2, -0.15) is 0 Å². The number of methoxy groups -OCH3 is 1. The maximum absolute atomic E-state index is 6.25. The number of nitrogens with one attached hydrogen (secondary N) is 1. The van der Waals surface area contributed by atoms with Gasteiger partial charge in [-0.3, -0.25) is 0 Å². The molecule has 1 fully saturated rings. The molecule has 4 nitrogen and oxygen atoms in total. The zero-order valence-electron chi connectivity index (χ0n) is 11.5. The summed E-state index contributed by atoms with van der Waals surface area (Å²) in [5.41, 5.74) is 0.748. The van der Waals surface area contributed by atoms with Crippen LogP contribution in [0.25, 0.3) is 0 Å². The molecule has 1 aromatic carbocycles. The maximum atomic E-state index is 6.25. The molecule has 0 aromatic heterocycles. The van der Waals surface area contributed by atoms with E-state index in [1.165, 1.54) is 0 Å². The van der Waals surface area contributed by atoms with Crippen LogP contribution in [0.3, 0.4) is 0 Å². The zero-order valence-corrected chi connectivity index (χ0v) is 13.9. The lowest BCUT2D eigenvalue weighted by molar-refractivity contribution is -0.0740. The quantitative estimate of drug-likeness (QED) is 0.842. The molecule has 0 radical (unpaired) electrons. The number of hydrogen-bond donors (Lipinski definition) is 1. The third kappa shape index (κ3) is 2.29. The Labute approximate surface area is 132 Å². The highest BCUT2D eigenvalue weighted by Gasteiger charge is 2.47. The van der Waals surface area contributed by atoms with Gasteiger partial charge >= 0.3 is 0 Å². The van der Waals surface area contributed by atoms with Gasteiger partial charge in [0.1, 0.15) is 5.75 Å². The van der Waals surface area contributed by atoms with Crippen LogP contribution in [-0.2, 0) is 4.74 Å². The van der Waals surface area contributed by atoms with E-state index < -0.39 is 5.72 Å². The second-order valence-corrected chi connectivity index (χ2v) is 6.61. The first-order valence-electron chi connectivity index (χ1n) is 6.59. The van der Waals surface area contributed by atoms with Crippen molar-refractivity contribution in [2.24, 2.45) is 0 Å². The van der Waals surface area contributed by atoms with Crippen LogP contribution in [0.4, 0.5) is 0 Å². The summed E-state index contributed by atoms with van der Waals surface area (Å²) in [6, 6.07) is 6.31. The molecule has 2 bridgehead atoms. The normalized spacial score (nSPS) is 27.6. The van der Waals surface area contributed by atoms with Crippen molar-refractivity contribution in [3.8, 4) is 5.75 Å². The van der Waals surface area contributed by atoms with Crippen LogP contribution in [0.15, 0.2) is 22.7 Å². The fourth-order valence-corrected chi connectivity index (χ4v) is 3.71. The molecule has 0 amide bonds. The maximum Gasteiger partial charge on any atom is 0.184 e. The molecule has 2 atom stereocenters. The average molecular weight is 357 g/mol. The Hall–Kier alpha value is -0.850. The van der Waals surface area contributed by atoms with Crippen LogP contribution in [0, 0.1) is 0 Å². The van der Waals surface area contributed by atoms with Crippen molar-refractivity contribution in [1.82, 2.24) is 10.2 Å². The highest BCUT2D eigenvalue weighted by Crippen LogP contribution is 2.44. The second-order valence-electron chi connectivity index (χ2n) is 5.31. The van der Waals surface area contributed by atoms with E-state index in [0.29, 0.717) is 6.61 Å². The van der Waals surface area contributed by atoms with Gasteiger partial charge in [-0.25, -0.2) is 0 Å². The largest absolute Gasteiger partial charge is 0.468 e. The van der Waals surface area contributed by atoms with E-state index in [1.807, 2.05) is 12.1 Å². The van der Waals surface area contributed by atoms with Gasteiger partial charge in [-0.15, -0.1) is 0 Å². The van der Waals surface area contributed by atoms with Crippen molar-refractivity contribution in [2.75, 3.05) is 20.3 Å². The number of nitrogens with zero attached hydrogens (tertiary/aromatic N) is 1. The van der Waals surface area contributed by atoms with Crippen LogP contribution in [0.2, 0.25) is 0 Å². The van der Waals surface area contributed by atoms with Gasteiger partial charge < -0.3 is 19.7 Å². The van der Waals surface area contributed by atoms with Gasteiger partial charge in [0.25, 0.3) is 0 Å². The lowest BCUT2D eigenvalue weighted by atomic mass is 9.91. The van der Waals surface area contributed by atoms with Crippen LogP contribution >= 0.6 is 28.1 Å². The number of thiocarbonyl (C=S) groups is 1. The van der Waals surface area contributed by atoms with E-state index in [0.717, 1.165) is 33.9 Å². The van der Waals surface area contributed by atoms with E-state index in [9.17, 15) is 0 Å². The second kappa shape index (κ2) is 5.16. The van der Waals surface area contributed by atoms with E-state index in [4.69, 9.17) is 21.7 Å². The minimum atomic E-state index is -0.410. The fourth-order valence-electron chi connectivity index (χ4n) is 2.91. The Balaban J connectivity index is 1.96. The SMILES string of the molecule is COCCN1C(=S)N[C@H]2C[C@@]1(C)Oc1ccc(Br)cc12. The molecular weight excluding hydrogens is 340 g/mol. The number of ether oxygens (including phenoxy) is 2. The van der Waals surface area contributed by atoms with Gasteiger partial charge in [-0.05, 0) is 37.3 Å². The Morgan fingerprint density at radius 1 is 1.60 bits per heavy atom. The van der Waals surface area contributed by atoms with Crippen molar-refractivity contribution in [3.63, 3.8) is 0 Å². The molecule has 20 heavy (non-hydrogen) atoms. The number of benzene rings is 1. The fraction of sp³-hybridized carbons (Fsp3) is 0.500. The lowest BCUT2D eigenvalue weighted by Crippen LogP contribution is -2.65. The number of rotatable bonds is 3. The molecule has 1 N–H and O–H groups in total.